The maximum atomic E-state index is 15.4. The van der Waals surface area contributed by atoms with E-state index in [0.717, 1.165) is 28.2 Å². The number of rotatable bonds is 6. The highest BCUT2D eigenvalue weighted by Crippen LogP contribution is 2.49. The number of imide groups is 1. The molecule has 10 heteroatoms. The van der Waals surface area contributed by atoms with E-state index < -0.39 is 35.3 Å². The van der Waals surface area contributed by atoms with Crippen LogP contribution in [0.3, 0.4) is 0 Å². The summed E-state index contributed by atoms with van der Waals surface area (Å²) >= 11 is 0. The molecule has 0 radical (unpaired) electrons. The van der Waals surface area contributed by atoms with Gasteiger partial charge in [0.2, 0.25) is 0 Å². The fraction of sp³-hybridized carbons (Fsp3) is 0.0385. The van der Waals surface area contributed by atoms with Gasteiger partial charge in [-0.25, -0.2) is 4.90 Å². The van der Waals surface area contributed by atoms with E-state index >= 15 is 4.79 Å². The number of carbonyl (C=O) groups is 2. The van der Waals surface area contributed by atoms with Gasteiger partial charge >= 0.3 is 12.4 Å². The number of para-hydroxylation sites is 3. The second-order valence-corrected chi connectivity index (χ2v) is 14.9. The minimum atomic E-state index is -4.77. The van der Waals surface area contributed by atoms with E-state index in [1.54, 1.807) is 41.0 Å². The zero-order valence-corrected chi connectivity index (χ0v) is 32.3. The van der Waals surface area contributed by atoms with Gasteiger partial charge in [0.05, 0.1) is 44.7 Å². The molecule has 2 heterocycles. The Kier molecular flexibility index (Phi) is 8.99. The van der Waals surface area contributed by atoms with Gasteiger partial charge in [0.25, 0.3) is 11.8 Å². The zero-order valence-electron chi connectivity index (χ0n) is 32.3. The molecule has 4 nitrogen and oxygen atoms in total. The van der Waals surface area contributed by atoms with Crippen molar-refractivity contribution in [3.63, 3.8) is 0 Å². The third-order valence-electron chi connectivity index (χ3n) is 11.4. The van der Waals surface area contributed by atoms with Crippen LogP contribution in [0.25, 0.3) is 72.0 Å². The number of nitrogens with zero attached hydrogens (tertiary/aromatic N) is 2. The van der Waals surface area contributed by atoms with Crippen molar-refractivity contribution in [3.05, 3.63) is 204 Å². The number of amides is 2. The quantitative estimate of drug-likeness (QED) is 0.124. The van der Waals surface area contributed by atoms with Crippen LogP contribution in [0.5, 0.6) is 0 Å². The average molecular weight is 829 g/mol. The molecule has 62 heavy (non-hydrogen) atoms. The molecule has 2 amide bonds. The predicted octanol–water partition coefficient (Wildman–Crippen LogP) is 14.3. The summed E-state index contributed by atoms with van der Waals surface area (Å²) in [6, 6.07) is 48.5. The number of benzene rings is 8. The first kappa shape index (κ1) is 38.5. The van der Waals surface area contributed by atoms with Crippen molar-refractivity contribution in [1.29, 1.82) is 0 Å². The number of hydrogen-bond donors (Lipinski definition) is 0. The lowest BCUT2D eigenvalue weighted by Crippen LogP contribution is -2.30. The third kappa shape index (κ3) is 6.09. The maximum Gasteiger partial charge on any atom is 0.417 e. The molecule has 0 aliphatic carbocycles. The fourth-order valence-corrected chi connectivity index (χ4v) is 8.86. The molecular weight excluding hydrogens is 799 g/mol. The first-order valence-electron chi connectivity index (χ1n) is 19.6. The molecule has 0 unspecified atom stereocenters. The van der Waals surface area contributed by atoms with Crippen LogP contribution >= 0.6 is 0 Å². The number of hydrogen-bond acceptors (Lipinski definition) is 2. The molecule has 0 spiro atoms. The summed E-state index contributed by atoms with van der Waals surface area (Å²) in [4.78, 5) is 31.5. The Bertz CT molecular complexity index is 3090. The Labute approximate surface area is 350 Å². The highest BCUT2D eigenvalue weighted by Gasteiger charge is 2.42. The van der Waals surface area contributed by atoms with Gasteiger partial charge in [-0.05, 0) is 46.5 Å². The second-order valence-electron chi connectivity index (χ2n) is 14.9. The molecule has 1 aliphatic heterocycles. The number of carbonyl (C=O) groups excluding carboxylic acids is 2. The zero-order chi connectivity index (χ0) is 42.9. The van der Waals surface area contributed by atoms with Gasteiger partial charge in [0.1, 0.15) is 0 Å². The number of fused-ring (bicyclic) bond motifs is 4. The Hall–Kier alpha value is -7.72. The van der Waals surface area contributed by atoms with Gasteiger partial charge in [-0.2, -0.15) is 26.3 Å². The molecule has 0 saturated heterocycles. The van der Waals surface area contributed by atoms with E-state index in [0.29, 0.717) is 27.6 Å². The molecule has 0 saturated carbocycles. The number of aromatic nitrogens is 1. The third-order valence-corrected chi connectivity index (χ3v) is 11.4. The summed E-state index contributed by atoms with van der Waals surface area (Å²) < 4.78 is 90.3. The van der Waals surface area contributed by atoms with Crippen molar-refractivity contribution in [1.82, 2.24) is 4.57 Å². The SMILES string of the molecule is O=C1c2cccc(-n3c4c(-c5ccccc5C(F)(F)F)cccc4c4cccc(-c5ccccc5C(F)(F)F)c43)c2C(=O)N1c1c(-c2ccccc2)cccc1-c1ccccc1. The Morgan fingerprint density at radius 1 is 0.355 bits per heavy atom. The highest BCUT2D eigenvalue weighted by atomic mass is 19.4. The first-order valence-corrected chi connectivity index (χ1v) is 19.6. The molecule has 10 rings (SSSR count). The molecule has 9 aromatic rings. The fourth-order valence-electron chi connectivity index (χ4n) is 8.86. The molecule has 0 bridgehead atoms. The Morgan fingerprint density at radius 3 is 1.23 bits per heavy atom. The van der Waals surface area contributed by atoms with E-state index in [9.17, 15) is 31.1 Å². The summed E-state index contributed by atoms with van der Waals surface area (Å²) in [5.74, 6) is -1.35. The molecule has 0 atom stereocenters. The summed E-state index contributed by atoms with van der Waals surface area (Å²) in [6.45, 7) is 0. The second kappa shape index (κ2) is 14.5. The van der Waals surface area contributed by atoms with Crippen molar-refractivity contribution in [2.45, 2.75) is 12.4 Å². The van der Waals surface area contributed by atoms with Crippen LogP contribution in [0.2, 0.25) is 0 Å². The monoisotopic (exact) mass is 828 g/mol. The van der Waals surface area contributed by atoms with Crippen molar-refractivity contribution in [2.24, 2.45) is 0 Å². The molecule has 1 aromatic heterocycles. The topological polar surface area (TPSA) is 42.3 Å². The largest absolute Gasteiger partial charge is 0.417 e. The van der Waals surface area contributed by atoms with E-state index in [4.69, 9.17) is 0 Å². The minimum absolute atomic E-state index is 0.0192. The summed E-state index contributed by atoms with van der Waals surface area (Å²) in [6.07, 6.45) is -9.54. The normalized spacial score (nSPS) is 13.0. The molecule has 1 aliphatic rings. The predicted molar refractivity (Wildman–Crippen MR) is 230 cm³/mol. The van der Waals surface area contributed by atoms with Crippen LogP contribution in [0.1, 0.15) is 31.8 Å². The van der Waals surface area contributed by atoms with E-state index in [-0.39, 0.29) is 50.1 Å². The molecule has 8 aromatic carbocycles. The lowest BCUT2D eigenvalue weighted by molar-refractivity contribution is -0.137. The van der Waals surface area contributed by atoms with Gasteiger partial charge < -0.3 is 4.57 Å². The molecule has 0 N–H and O–H groups in total. The van der Waals surface area contributed by atoms with E-state index in [1.807, 2.05) is 78.9 Å². The lowest BCUT2D eigenvalue weighted by atomic mass is 9.95. The van der Waals surface area contributed by atoms with Crippen LogP contribution in [0.15, 0.2) is 182 Å². The van der Waals surface area contributed by atoms with Gasteiger partial charge in [-0.1, -0.05) is 158 Å². The van der Waals surface area contributed by atoms with E-state index in [1.165, 1.54) is 54.6 Å². The summed E-state index contributed by atoms with van der Waals surface area (Å²) in [5.41, 5.74) is 1.51. The smallest absolute Gasteiger partial charge is 0.307 e. The maximum absolute atomic E-state index is 15.4. The lowest BCUT2D eigenvalue weighted by Gasteiger charge is -2.23. The van der Waals surface area contributed by atoms with Gasteiger partial charge in [0, 0.05) is 33.0 Å². The van der Waals surface area contributed by atoms with Gasteiger partial charge in [-0.3, -0.25) is 9.59 Å². The Balaban J connectivity index is 1.31. The molecule has 0 fully saturated rings. The van der Waals surface area contributed by atoms with E-state index in [2.05, 4.69) is 0 Å². The van der Waals surface area contributed by atoms with Crippen molar-refractivity contribution in [3.8, 4) is 50.2 Å². The van der Waals surface area contributed by atoms with Crippen LogP contribution < -0.4 is 4.90 Å². The average Bonchev–Trinajstić information content (AvgIpc) is 3.76. The highest BCUT2D eigenvalue weighted by molar-refractivity contribution is 6.37. The van der Waals surface area contributed by atoms with Crippen molar-refractivity contribution in [2.75, 3.05) is 4.90 Å². The number of alkyl halides is 6. The summed E-state index contributed by atoms with van der Waals surface area (Å²) in [5, 5.41) is 0.848. The van der Waals surface area contributed by atoms with Crippen LogP contribution in [0, 0.1) is 0 Å². The van der Waals surface area contributed by atoms with Crippen molar-refractivity contribution < 1.29 is 35.9 Å². The minimum Gasteiger partial charge on any atom is -0.307 e. The standard InChI is InChI=1S/C52H30F6N2O2/c53-51(54,55)42-28-9-7-19-35(42)37-23-12-25-39-40-26-13-24-38(36-20-8-10-29-43(36)52(56,57)58)48(40)59(47(37)39)44-30-14-27-41-45(44)50(62)60(49(41)61)46-33(31-15-3-1-4-16-31)21-11-22-34(46)32-17-5-2-6-18-32/h1-30H. The van der Waals surface area contributed by atoms with Gasteiger partial charge in [-0.15, -0.1) is 0 Å². The van der Waals surface area contributed by atoms with Gasteiger partial charge in [0.15, 0.2) is 0 Å². The Morgan fingerprint density at radius 2 is 0.742 bits per heavy atom. The number of halogens is 6. The van der Waals surface area contributed by atoms with Crippen LogP contribution in [-0.2, 0) is 12.4 Å². The first-order chi connectivity index (χ1) is 29.9. The number of anilines is 1. The summed E-state index contributed by atoms with van der Waals surface area (Å²) in [7, 11) is 0. The molecular formula is C52H30F6N2O2. The van der Waals surface area contributed by atoms with Crippen molar-refractivity contribution >= 4 is 39.3 Å². The van der Waals surface area contributed by atoms with Crippen LogP contribution in [0.4, 0.5) is 32.0 Å². The van der Waals surface area contributed by atoms with Crippen LogP contribution in [-0.4, -0.2) is 16.4 Å². The molecule has 302 valence electrons.